The van der Waals surface area contributed by atoms with Gasteiger partial charge in [0, 0.05) is 0 Å². The Bertz CT molecular complexity index is 549. The van der Waals surface area contributed by atoms with Crippen LogP contribution >= 0.6 is 22.6 Å². The van der Waals surface area contributed by atoms with Gasteiger partial charge in [-0.1, -0.05) is 0 Å². The molecule has 0 bridgehead atoms. The lowest BCUT2D eigenvalue weighted by atomic mass is 10.1. The molecule has 1 rings (SSSR count). The number of nitro groups is 1. The van der Waals surface area contributed by atoms with Gasteiger partial charge in [0.05, 0.1) is 30.2 Å². The molecule has 0 fully saturated rings. The maximum absolute atomic E-state index is 12.2. The Hall–Kier alpha value is -1.66. The third kappa shape index (κ3) is 4.18. The average molecular weight is 406 g/mol. The molecule has 11 heteroatoms. The molecule has 0 spiro atoms. The molecule has 0 aliphatic rings. The van der Waals surface area contributed by atoms with Crippen LogP contribution in [0.4, 0.5) is 18.9 Å². The first-order valence-corrected chi connectivity index (χ1v) is 5.88. The van der Waals surface area contributed by atoms with Crippen LogP contribution in [0.3, 0.4) is 0 Å². The van der Waals surface area contributed by atoms with Crippen LogP contribution in [-0.2, 0) is 16.0 Å². The second kappa shape index (κ2) is 6.19. The van der Waals surface area contributed by atoms with Crippen molar-refractivity contribution in [3.05, 3.63) is 25.6 Å². The number of hydrogen-bond acceptors (Lipinski definition) is 6. The van der Waals surface area contributed by atoms with Gasteiger partial charge in [-0.15, -0.1) is 13.2 Å². The van der Waals surface area contributed by atoms with Crippen molar-refractivity contribution in [3.8, 4) is 5.75 Å². The van der Waals surface area contributed by atoms with Gasteiger partial charge in [0.15, 0.2) is 0 Å². The summed E-state index contributed by atoms with van der Waals surface area (Å²) >= 11 is 1.56. The van der Waals surface area contributed by atoms with Crippen LogP contribution in [0.1, 0.15) is 5.56 Å². The number of carbonyl (C=O) groups excluding carboxylic acids is 1. The van der Waals surface area contributed by atoms with Gasteiger partial charge in [-0.05, 0) is 22.6 Å². The number of rotatable bonds is 4. The summed E-state index contributed by atoms with van der Waals surface area (Å²) in [4.78, 5) is 24.6. The summed E-state index contributed by atoms with van der Waals surface area (Å²) in [5, 5.41) is 10.9. The number of pyridine rings is 1. The number of esters is 1. The quantitative estimate of drug-likeness (QED) is 0.250. The van der Waals surface area contributed by atoms with E-state index in [-0.39, 0.29) is 9.26 Å². The van der Waals surface area contributed by atoms with Crippen LogP contribution in [0.2, 0.25) is 0 Å². The van der Waals surface area contributed by atoms with E-state index in [1.54, 1.807) is 22.6 Å². The summed E-state index contributed by atoms with van der Waals surface area (Å²) in [6.07, 6.45) is -5.12. The minimum atomic E-state index is -5.11. The first-order chi connectivity index (χ1) is 9.15. The van der Waals surface area contributed by atoms with Crippen LogP contribution < -0.4 is 4.74 Å². The second-order valence-electron chi connectivity index (χ2n) is 3.30. The van der Waals surface area contributed by atoms with Crippen molar-refractivity contribution in [2.75, 3.05) is 7.11 Å². The van der Waals surface area contributed by atoms with Crippen LogP contribution in [-0.4, -0.2) is 29.3 Å². The predicted octanol–water partition coefficient (Wildman–Crippen LogP) is 2.21. The molecule has 0 saturated carbocycles. The Labute approximate surface area is 123 Å². The molecule has 0 aromatic carbocycles. The molecule has 20 heavy (non-hydrogen) atoms. The van der Waals surface area contributed by atoms with Crippen molar-refractivity contribution in [2.45, 2.75) is 12.8 Å². The fourth-order valence-corrected chi connectivity index (χ4v) is 1.86. The molecule has 1 aromatic rings. The number of aromatic nitrogens is 1. The minimum absolute atomic E-state index is 0.00854. The van der Waals surface area contributed by atoms with E-state index in [0.717, 1.165) is 7.11 Å². The number of carbonyl (C=O) groups is 1. The molecule has 0 amide bonds. The summed E-state index contributed by atoms with van der Waals surface area (Å²) in [5.41, 5.74) is -1.27. The van der Waals surface area contributed by atoms with Crippen molar-refractivity contribution in [1.82, 2.24) is 4.98 Å². The summed E-state index contributed by atoms with van der Waals surface area (Å²) in [6, 6.07) is 0. The Morgan fingerprint density at radius 1 is 1.55 bits per heavy atom. The van der Waals surface area contributed by atoms with Crippen molar-refractivity contribution in [3.63, 3.8) is 0 Å². The van der Waals surface area contributed by atoms with Gasteiger partial charge in [0.1, 0.15) is 3.70 Å². The second-order valence-corrected chi connectivity index (χ2v) is 4.32. The maximum Gasteiger partial charge on any atom is 0.573 e. The molecule has 1 heterocycles. The first kappa shape index (κ1) is 16.4. The van der Waals surface area contributed by atoms with Crippen molar-refractivity contribution in [2.24, 2.45) is 0 Å². The van der Waals surface area contributed by atoms with E-state index in [4.69, 9.17) is 0 Å². The third-order valence-corrected chi connectivity index (χ3v) is 2.95. The van der Waals surface area contributed by atoms with Crippen LogP contribution in [0, 0.1) is 13.8 Å². The molecule has 0 aliphatic carbocycles. The van der Waals surface area contributed by atoms with Crippen LogP contribution in [0.5, 0.6) is 5.75 Å². The zero-order valence-electron chi connectivity index (χ0n) is 9.73. The molecule has 7 nitrogen and oxygen atoms in total. The lowest BCUT2D eigenvalue weighted by Crippen LogP contribution is -2.19. The molecule has 0 unspecified atom stereocenters. The van der Waals surface area contributed by atoms with E-state index < -0.39 is 35.1 Å². The molecule has 0 saturated heterocycles. The highest BCUT2D eigenvalue weighted by atomic mass is 127. The topological polar surface area (TPSA) is 91.6 Å². The Morgan fingerprint density at radius 3 is 2.60 bits per heavy atom. The Morgan fingerprint density at radius 2 is 2.15 bits per heavy atom. The van der Waals surface area contributed by atoms with Gasteiger partial charge in [-0.3, -0.25) is 14.9 Å². The summed E-state index contributed by atoms with van der Waals surface area (Å²) in [5.74, 6) is -1.93. The summed E-state index contributed by atoms with van der Waals surface area (Å²) in [7, 11) is 1.05. The van der Waals surface area contributed by atoms with Gasteiger partial charge in [0.2, 0.25) is 5.75 Å². The zero-order chi connectivity index (χ0) is 15.5. The van der Waals surface area contributed by atoms with Gasteiger partial charge >= 0.3 is 18.0 Å². The number of halogens is 4. The molecular weight excluding hydrogens is 400 g/mol. The molecule has 0 radical (unpaired) electrons. The van der Waals surface area contributed by atoms with Gasteiger partial charge in [0.25, 0.3) is 0 Å². The van der Waals surface area contributed by atoms with Gasteiger partial charge in [-0.2, -0.15) is 0 Å². The molecule has 0 aliphatic heterocycles. The lowest BCUT2D eigenvalue weighted by molar-refractivity contribution is -0.389. The third-order valence-electron chi connectivity index (χ3n) is 2.02. The van der Waals surface area contributed by atoms with Crippen molar-refractivity contribution in [1.29, 1.82) is 0 Å². The fraction of sp³-hybridized carbons (Fsp3) is 0.333. The van der Waals surface area contributed by atoms with E-state index >= 15 is 0 Å². The highest BCUT2D eigenvalue weighted by molar-refractivity contribution is 14.1. The van der Waals surface area contributed by atoms with E-state index in [0.29, 0.717) is 6.20 Å². The summed E-state index contributed by atoms with van der Waals surface area (Å²) in [6.45, 7) is 0. The SMILES string of the molecule is COC(=O)Cc1c(I)ncc(OC(F)(F)F)c1[N+](=O)[O-]. The molecule has 0 N–H and O–H groups in total. The number of nitrogens with zero attached hydrogens (tertiary/aromatic N) is 2. The zero-order valence-corrected chi connectivity index (χ0v) is 11.9. The molecule has 110 valence electrons. The smallest absolute Gasteiger partial charge is 0.469 e. The van der Waals surface area contributed by atoms with Gasteiger partial charge in [-0.25, -0.2) is 4.98 Å². The normalized spacial score (nSPS) is 11.1. The van der Waals surface area contributed by atoms with E-state index in [1.807, 2.05) is 0 Å². The molecule has 1 aromatic heterocycles. The van der Waals surface area contributed by atoms with Crippen molar-refractivity contribution < 1.29 is 32.4 Å². The average Bonchev–Trinajstić information content (AvgIpc) is 2.30. The van der Waals surface area contributed by atoms with Crippen molar-refractivity contribution >= 4 is 34.2 Å². The largest absolute Gasteiger partial charge is 0.573 e. The standard InChI is InChI=1S/C9H6F3IN2O5/c1-19-6(16)2-4-7(15(17)18)5(3-14-8(4)13)20-9(10,11)12/h3H,2H2,1H3. The molecular formula is C9H6F3IN2O5. The number of hydrogen-bond donors (Lipinski definition) is 0. The Balaban J connectivity index is 3.37. The van der Waals surface area contributed by atoms with Gasteiger partial charge < -0.3 is 9.47 Å². The number of alkyl halides is 3. The monoisotopic (exact) mass is 406 g/mol. The Kier molecular flexibility index (Phi) is 5.08. The minimum Gasteiger partial charge on any atom is -0.469 e. The fourth-order valence-electron chi connectivity index (χ4n) is 1.27. The van der Waals surface area contributed by atoms with E-state index in [1.165, 1.54) is 0 Å². The van der Waals surface area contributed by atoms with E-state index in [2.05, 4.69) is 14.5 Å². The highest BCUT2D eigenvalue weighted by Crippen LogP contribution is 2.36. The highest BCUT2D eigenvalue weighted by Gasteiger charge is 2.36. The predicted molar refractivity (Wildman–Crippen MR) is 66.0 cm³/mol. The van der Waals surface area contributed by atoms with Crippen LogP contribution in [0.15, 0.2) is 6.20 Å². The lowest BCUT2D eigenvalue weighted by Gasteiger charge is -2.11. The number of methoxy groups -OCH3 is 1. The summed E-state index contributed by atoms with van der Waals surface area (Å²) < 4.78 is 44.4. The molecule has 0 atom stereocenters. The number of ether oxygens (including phenoxy) is 2. The maximum atomic E-state index is 12.2. The first-order valence-electron chi connectivity index (χ1n) is 4.80. The van der Waals surface area contributed by atoms with Crippen LogP contribution in [0.25, 0.3) is 0 Å². The van der Waals surface area contributed by atoms with E-state index in [9.17, 15) is 28.1 Å².